The molecule has 148 valence electrons. The SMILES string of the molecule is CC(C)N[C@H]1CCC[C@@H](OCC(C)N[C@@H]2CCCC(F)(F)[C@H]2O)[C@H]1O. The number of hydrogen-bond donors (Lipinski definition) is 4. The first-order chi connectivity index (χ1) is 11.7. The molecule has 0 aromatic carbocycles. The van der Waals surface area contributed by atoms with Crippen molar-refractivity contribution in [2.45, 2.75) is 108 Å². The van der Waals surface area contributed by atoms with Crippen LogP contribution in [0.15, 0.2) is 0 Å². The van der Waals surface area contributed by atoms with Crippen molar-refractivity contribution in [2.75, 3.05) is 6.61 Å². The van der Waals surface area contributed by atoms with E-state index in [0.717, 1.165) is 19.3 Å². The maximum atomic E-state index is 13.6. The van der Waals surface area contributed by atoms with E-state index >= 15 is 0 Å². The number of ether oxygens (including phenoxy) is 1. The maximum Gasteiger partial charge on any atom is 0.274 e. The summed E-state index contributed by atoms with van der Waals surface area (Å²) in [5.74, 6) is -3.02. The second kappa shape index (κ2) is 9.04. The highest BCUT2D eigenvalue weighted by Crippen LogP contribution is 2.33. The van der Waals surface area contributed by atoms with E-state index < -0.39 is 24.2 Å². The Kier molecular flexibility index (Phi) is 7.58. The Morgan fingerprint density at radius 3 is 2.40 bits per heavy atom. The molecule has 25 heavy (non-hydrogen) atoms. The number of halogens is 2. The fourth-order valence-corrected chi connectivity index (χ4v) is 3.95. The highest BCUT2D eigenvalue weighted by Gasteiger charge is 2.46. The van der Waals surface area contributed by atoms with Crippen LogP contribution in [0.5, 0.6) is 0 Å². The lowest BCUT2D eigenvalue weighted by Crippen LogP contribution is -2.56. The first kappa shape index (κ1) is 21.0. The van der Waals surface area contributed by atoms with Crippen LogP contribution in [0.25, 0.3) is 0 Å². The van der Waals surface area contributed by atoms with Gasteiger partial charge in [0.25, 0.3) is 5.92 Å². The normalized spacial score (nSPS) is 37.2. The zero-order valence-corrected chi connectivity index (χ0v) is 15.5. The van der Waals surface area contributed by atoms with Crippen molar-refractivity contribution in [3.05, 3.63) is 0 Å². The Hall–Kier alpha value is -0.340. The van der Waals surface area contributed by atoms with Crippen molar-refractivity contribution < 1.29 is 23.7 Å². The molecule has 0 amide bonds. The molecule has 2 fully saturated rings. The second-order valence-corrected chi connectivity index (χ2v) is 7.99. The van der Waals surface area contributed by atoms with Crippen LogP contribution in [0.4, 0.5) is 8.78 Å². The lowest BCUT2D eigenvalue weighted by molar-refractivity contribution is -0.146. The predicted octanol–water partition coefficient (Wildman–Crippen LogP) is 1.81. The minimum Gasteiger partial charge on any atom is -0.389 e. The first-order valence-electron chi connectivity index (χ1n) is 9.58. The van der Waals surface area contributed by atoms with Gasteiger partial charge in [-0.15, -0.1) is 0 Å². The van der Waals surface area contributed by atoms with Crippen LogP contribution in [0.2, 0.25) is 0 Å². The molecule has 7 heteroatoms. The average Bonchev–Trinajstić information content (AvgIpc) is 2.52. The standard InChI is InChI=1S/C18H34F2N2O3/c1-11(2)21-13-6-4-8-15(16(13)23)25-10-12(3)22-14-7-5-9-18(19,20)17(14)24/h11-17,21-24H,4-10H2,1-3H3/t12?,13-,14+,15+,16-,17-/m0/s1. The minimum atomic E-state index is -3.02. The summed E-state index contributed by atoms with van der Waals surface area (Å²) in [5, 5.41) is 26.7. The summed E-state index contributed by atoms with van der Waals surface area (Å²) in [6.45, 7) is 6.28. The van der Waals surface area contributed by atoms with Gasteiger partial charge in [-0.25, -0.2) is 8.78 Å². The predicted molar refractivity (Wildman–Crippen MR) is 92.8 cm³/mol. The van der Waals surface area contributed by atoms with Gasteiger partial charge in [-0.05, 0) is 39.0 Å². The Morgan fingerprint density at radius 2 is 1.72 bits per heavy atom. The molecule has 0 spiro atoms. The fraction of sp³-hybridized carbons (Fsp3) is 1.00. The Morgan fingerprint density at radius 1 is 1.04 bits per heavy atom. The van der Waals surface area contributed by atoms with Gasteiger partial charge < -0.3 is 25.6 Å². The van der Waals surface area contributed by atoms with Crippen LogP contribution in [0.1, 0.15) is 59.3 Å². The molecule has 0 aromatic rings. The molecule has 2 rings (SSSR count). The van der Waals surface area contributed by atoms with Gasteiger partial charge in [-0.2, -0.15) is 0 Å². The van der Waals surface area contributed by atoms with Crippen molar-refractivity contribution in [3.8, 4) is 0 Å². The van der Waals surface area contributed by atoms with E-state index in [1.807, 2.05) is 6.92 Å². The number of nitrogens with one attached hydrogen (secondary N) is 2. The van der Waals surface area contributed by atoms with Crippen LogP contribution in [-0.2, 0) is 4.74 Å². The van der Waals surface area contributed by atoms with E-state index in [2.05, 4.69) is 24.5 Å². The van der Waals surface area contributed by atoms with E-state index in [-0.39, 0.29) is 24.6 Å². The zero-order valence-electron chi connectivity index (χ0n) is 15.5. The van der Waals surface area contributed by atoms with E-state index in [1.54, 1.807) is 0 Å². The molecule has 2 aliphatic rings. The summed E-state index contributed by atoms with van der Waals surface area (Å²) in [4.78, 5) is 0. The van der Waals surface area contributed by atoms with Crippen molar-refractivity contribution in [3.63, 3.8) is 0 Å². The largest absolute Gasteiger partial charge is 0.389 e. The third kappa shape index (κ3) is 5.82. The quantitative estimate of drug-likeness (QED) is 0.555. The van der Waals surface area contributed by atoms with Gasteiger partial charge in [0.1, 0.15) is 6.10 Å². The molecule has 0 aliphatic heterocycles. The second-order valence-electron chi connectivity index (χ2n) is 7.99. The molecule has 0 heterocycles. The van der Waals surface area contributed by atoms with Gasteiger partial charge in [0.2, 0.25) is 0 Å². The lowest BCUT2D eigenvalue weighted by atomic mass is 9.88. The van der Waals surface area contributed by atoms with E-state index in [9.17, 15) is 19.0 Å². The van der Waals surface area contributed by atoms with E-state index in [4.69, 9.17) is 4.74 Å². The van der Waals surface area contributed by atoms with Gasteiger partial charge >= 0.3 is 0 Å². The van der Waals surface area contributed by atoms with Crippen LogP contribution in [-0.4, -0.2) is 65.2 Å². The van der Waals surface area contributed by atoms with E-state index in [0.29, 0.717) is 25.5 Å². The summed E-state index contributed by atoms with van der Waals surface area (Å²) in [6.07, 6.45) is 0.942. The Labute approximate surface area is 149 Å². The fourth-order valence-electron chi connectivity index (χ4n) is 3.95. The molecule has 5 nitrogen and oxygen atoms in total. The molecule has 4 N–H and O–H groups in total. The molecular weight excluding hydrogens is 330 g/mol. The van der Waals surface area contributed by atoms with Gasteiger partial charge in [0, 0.05) is 30.6 Å². The van der Waals surface area contributed by atoms with Gasteiger partial charge in [-0.1, -0.05) is 13.8 Å². The molecular formula is C18H34F2N2O3. The zero-order chi connectivity index (χ0) is 18.6. The van der Waals surface area contributed by atoms with Crippen LogP contribution < -0.4 is 10.6 Å². The maximum absolute atomic E-state index is 13.6. The molecule has 2 saturated carbocycles. The Balaban J connectivity index is 1.78. The molecule has 0 aromatic heterocycles. The number of aliphatic hydroxyl groups excluding tert-OH is 2. The van der Waals surface area contributed by atoms with Crippen LogP contribution in [0.3, 0.4) is 0 Å². The molecule has 0 radical (unpaired) electrons. The number of hydrogen-bond acceptors (Lipinski definition) is 5. The highest BCUT2D eigenvalue weighted by molar-refractivity contribution is 4.93. The number of alkyl halides is 2. The first-order valence-corrected chi connectivity index (χ1v) is 9.58. The third-order valence-corrected chi connectivity index (χ3v) is 5.24. The molecule has 0 bridgehead atoms. The summed E-state index contributed by atoms with van der Waals surface area (Å²) in [5.41, 5.74) is 0. The van der Waals surface area contributed by atoms with Crippen molar-refractivity contribution >= 4 is 0 Å². The van der Waals surface area contributed by atoms with Gasteiger partial charge in [0.15, 0.2) is 0 Å². The molecule has 2 aliphatic carbocycles. The molecule has 6 atom stereocenters. The topological polar surface area (TPSA) is 73.8 Å². The summed E-state index contributed by atoms with van der Waals surface area (Å²) < 4.78 is 33.1. The molecule has 0 saturated heterocycles. The van der Waals surface area contributed by atoms with Crippen molar-refractivity contribution in [1.29, 1.82) is 0 Å². The summed E-state index contributed by atoms with van der Waals surface area (Å²) >= 11 is 0. The van der Waals surface area contributed by atoms with Gasteiger partial charge in [0.05, 0.1) is 18.8 Å². The Bertz CT molecular complexity index is 412. The molecule has 1 unspecified atom stereocenters. The summed E-state index contributed by atoms with van der Waals surface area (Å²) in [7, 11) is 0. The lowest BCUT2D eigenvalue weighted by Gasteiger charge is -2.38. The van der Waals surface area contributed by atoms with Crippen LogP contribution in [0, 0.1) is 0 Å². The average molecular weight is 364 g/mol. The van der Waals surface area contributed by atoms with Crippen molar-refractivity contribution in [1.82, 2.24) is 10.6 Å². The smallest absolute Gasteiger partial charge is 0.274 e. The monoisotopic (exact) mass is 364 g/mol. The minimum absolute atomic E-state index is 0.0286. The summed E-state index contributed by atoms with van der Waals surface area (Å²) in [6, 6.07) is -0.456. The highest BCUT2D eigenvalue weighted by atomic mass is 19.3. The van der Waals surface area contributed by atoms with Crippen LogP contribution >= 0.6 is 0 Å². The third-order valence-electron chi connectivity index (χ3n) is 5.24. The van der Waals surface area contributed by atoms with Gasteiger partial charge in [-0.3, -0.25) is 0 Å². The van der Waals surface area contributed by atoms with Crippen molar-refractivity contribution in [2.24, 2.45) is 0 Å². The number of rotatable bonds is 7. The van der Waals surface area contributed by atoms with E-state index in [1.165, 1.54) is 0 Å². The number of aliphatic hydroxyl groups is 2.